The Labute approximate surface area is 147 Å². The van der Waals surface area contributed by atoms with Gasteiger partial charge in [-0.1, -0.05) is 13.3 Å². The van der Waals surface area contributed by atoms with Crippen LogP contribution < -0.4 is 10.6 Å². The van der Waals surface area contributed by atoms with E-state index in [4.69, 9.17) is 14.2 Å². The molecular formula is C16H28N2O7. The first-order valence-electron chi connectivity index (χ1n) is 8.19. The first-order chi connectivity index (χ1) is 11.8. The Morgan fingerprint density at radius 2 is 1.68 bits per heavy atom. The predicted octanol–water partition coefficient (Wildman–Crippen LogP) is -0.0812. The number of carbonyl (C=O) groups excluding carboxylic acids is 4. The van der Waals surface area contributed by atoms with E-state index in [0.717, 1.165) is 12.8 Å². The molecule has 0 fully saturated rings. The van der Waals surface area contributed by atoms with Gasteiger partial charge in [-0.15, -0.1) is 0 Å². The van der Waals surface area contributed by atoms with Gasteiger partial charge in [0.2, 0.25) is 11.8 Å². The molecule has 0 aromatic heterocycles. The maximum atomic E-state index is 12.2. The number of hydrogen-bond donors (Lipinski definition) is 2. The van der Waals surface area contributed by atoms with Crippen molar-refractivity contribution >= 4 is 23.8 Å². The third kappa shape index (κ3) is 12.9. The molecule has 144 valence electrons. The van der Waals surface area contributed by atoms with Crippen LogP contribution in [0, 0.1) is 0 Å². The van der Waals surface area contributed by atoms with Crippen LogP contribution in [-0.2, 0) is 33.4 Å². The monoisotopic (exact) mass is 360 g/mol. The van der Waals surface area contributed by atoms with Crippen molar-refractivity contribution in [1.29, 1.82) is 0 Å². The van der Waals surface area contributed by atoms with Crippen LogP contribution in [0.5, 0.6) is 0 Å². The molecule has 0 spiro atoms. The maximum absolute atomic E-state index is 12.2. The molecular weight excluding hydrogens is 332 g/mol. The minimum Gasteiger partial charge on any atom is -0.462 e. The highest BCUT2D eigenvalue weighted by Crippen LogP contribution is 1.97. The molecule has 0 rings (SSSR count). The minimum atomic E-state index is -0.860. The zero-order valence-electron chi connectivity index (χ0n) is 15.3. The first kappa shape index (κ1) is 22.8. The van der Waals surface area contributed by atoms with Crippen LogP contribution in [0.15, 0.2) is 0 Å². The molecule has 0 aliphatic carbocycles. The van der Waals surface area contributed by atoms with Gasteiger partial charge in [0.25, 0.3) is 0 Å². The number of esters is 2. The second kappa shape index (κ2) is 13.2. The van der Waals surface area contributed by atoms with Crippen LogP contribution in [0.2, 0.25) is 0 Å². The second-order valence-corrected chi connectivity index (χ2v) is 5.46. The lowest BCUT2D eigenvalue weighted by molar-refractivity contribution is -0.156. The van der Waals surface area contributed by atoms with Gasteiger partial charge in [-0.3, -0.25) is 19.2 Å². The summed E-state index contributed by atoms with van der Waals surface area (Å²) in [7, 11) is 0. The summed E-state index contributed by atoms with van der Waals surface area (Å²) >= 11 is 0. The molecule has 0 heterocycles. The first-order valence-corrected chi connectivity index (χ1v) is 8.19. The van der Waals surface area contributed by atoms with Gasteiger partial charge in [-0.25, -0.2) is 0 Å². The number of nitrogens with one attached hydrogen (secondary N) is 2. The molecule has 0 aromatic carbocycles. The number of rotatable bonds is 12. The van der Waals surface area contributed by atoms with Crippen molar-refractivity contribution in [3.63, 3.8) is 0 Å². The predicted molar refractivity (Wildman–Crippen MR) is 88.5 cm³/mol. The van der Waals surface area contributed by atoms with Crippen LogP contribution in [0.25, 0.3) is 0 Å². The maximum Gasteiger partial charge on any atom is 0.303 e. The van der Waals surface area contributed by atoms with Gasteiger partial charge >= 0.3 is 11.9 Å². The molecule has 0 unspecified atom stereocenters. The summed E-state index contributed by atoms with van der Waals surface area (Å²) < 4.78 is 15.1. The van der Waals surface area contributed by atoms with E-state index in [9.17, 15) is 19.2 Å². The Morgan fingerprint density at radius 3 is 2.20 bits per heavy atom. The van der Waals surface area contributed by atoms with Crippen molar-refractivity contribution in [3.05, 3.63) is 0 Å². The highest BCUT2D eigenvalue weighted by molar-refractivity contribution is 5.87. The van der Waals surface area contributed by atoms with Crippen molar-refractivity contribution in [2.75, 3.05) is 26.4 Å². The molecule has 2 amide bonds. The Kier molecular flexibility index (Phi) is 12.0. The Morgan fingerprint density at radius 1 is 1.00 bits per heavy atom. The standard InChI is InChI=1S/C16H28N2O7/c1-5-6-7-23-10-15(18-11(2)19)16(22)17-8-14(25-13(4)21)9-24-12(3)20/h14-15H,5-10H2,1-4H3,(H,17,22)(H,18,19)/t14-,15+/m0/s1. The molecule has 9 nitrogen and oxygen atoms in total. The minimum absolute atomic E-state index is 0.0353. The van der Waals surface area contributed by atoms with Crippen molar-refractivity contribution in [2.45, 2.75) is 52.7 Å². The molecule has 0 saturated heterocycles. The van der Waals surface area contributed by atoms with Gasteiger partial charge in [0.1, 0.15) is 12.6 Å². The van der Waals surface area contributed by atoms with E-state index in [1.807, 2.05) is 6.92 Å². The average molecular weight is 360 g/mol. The van der Waals surface area contributed by atoms with E-state index in [-0.39, 0.29) is 25.7 Å². The lowest BCUT2D eigenvalue weighted by Gasteiger charge is -2.21. The van der Waals surface area contributed by atoms with Gasteiger partial charge < -0.3 is 24.8 Å². The van der Waals surface area contributed by atoms with Gasteiger partial charge in [-0.2, -0.15) is 0 Å². The van der Waals surface area contributed by atoms with E-state index in [2.05, 4.69) is 10.6 Å². The zero-order chi connectivity index (χ0) is 19.2. The van der Waals surface area contributed by atoms with Gasteiger partial charge in [0, 0.05) is 27.4 Å². The Bertz CT molecular complexity index is 454. The fourth-order valence-electron chi connectivity index (χ4n) is 1.79. The molecule has 25 heavy (non-hydrogen) atoms. The topological polar surface area (TPSA) is 120 Å². The molecule has 9 heteroatoms. The Balaban J connectivity index is 4.56. The molecule has 0 radical (unpaired) electrons. The van der Waals surface area contributed by atoms with E-state index in [1.54, 1.807) is 0 Å². The third-order valence-electron chi connectivity index (χ3n) is 2.93. The number of hydrogen-bond acceptors (Lipinski definition) is 7. The van der Waals surface area contributed by atoms with E-state index < -0.39 is 30.0 Å². The number of amides is 2. The largest absolute Gasteiger partial charge is 0.462 e. The molecule has 2 N–H and O–H groups in total. The summed E-state index contributed by atoms with van der Waals surface area (Å²) in [6, 6.07) is -0.860. The average Bonchev–Trinajstić information content (AvgIpc) is 2.51. The SMILES string of the molecule is CCCCOC[C@@H](NC(C)=O)C(=O)NC[C@@H](COC(C)=O)OC(C)=O. The van der Waals surface area contributed by atoms with Crippen LogP contribution in [0.4, 0.5) is 0 Å². The fraction of sp³-hybridized carbons (Fsp3) is 0.750. The Hall–Kier alpha value is -2.16. The number of unbranched alkanes of at least 4 members (excludes halogenated alkanes) is 1. The zero-order valence-corrected chi connectivity index (χ0v) is 15.3. The molecule has 2 atom stereocenters. The van der Waals surface area contributed by atoms with Crippen molar-refractivity contribution in [3.8, 4) is 0 Å². The quantitative estimate of drug-likeness (QED) is 0.369. The van der Waals surface area contributed by atoms with Crippen LogP contribution in [0.1, 0.15) is 40.5 Å². The van der Waals surface area contributed by atoms with Crippen molar-refractivity contribution in [1.82, 2.24) is 10.6 Å². The summed E-state index contributed by atoms with van der Waals surface area (Å²) in [5.41, 5.74) is 0. The van der Waals surface area contributed by atoms with Gasteiger partial charge in [0.05, 0.1) is 13.2 Å². The highest BCUT2D eigenvalue weighted by Gasteiger charge is 2.22. The number of carbonyl (C=O) groups is 4. The van der Waals surface area contributed by atoms with Crippen LogP contribution in [0.3, 0.4) is 0 Å². The van der Waals surface area contributed by atoms with E-state index in [0.29, 0.717) is 6.61 Å². The van der Waals surface area contributed by atoms with Gasteiger partial charge in [0.15, 0.2) is 6.10 Å². The van der Waals surface area contributed by atoms with E-state index in [1.165, 1.54) is 20.8 Å². The lowest BCUT2D eigenvalue weighted by Crippen LogP contribution is -2.51. The van der Waals surface area contributed by atoms with Gasteiger partial charge in [-0.05, 0) is 6.42 Å². The van der Waals surface area contributed by atoms with Crippen LogP contribution >= 0.6 is 0 Å². The number of ether oxygens (including phenoxy) is 3. The molecule has 0 bridgehead atoms. The van der Waals surface area contributed by atoms with Crippen molar-refractivity contribution in [2.24, 2.45) is 0 Å². The molecule has 0 aromatic rings. The summed E-state index contributed by atoms with van der Waals surface area (Å²) in [6.07, 6.45) is 0.993. The molecule has 0 aliphatic heterocycles. The highest BCUT2D eigenvalue weighted by atomic mass is 16.6. The summed E-state index contributed by atoms with van der Waals surface area (Å²) in [4.78, 5) is 45.4. The van der Waals surface area contributed by atoms with E-state index >= 15 is 0 Å². The summed E-state index contributed by atoms with van der Waals surface area (Å²) in [6.45, 7) is 6.04. The fourth-order valence-corrected chi connectivity index (χ4v) is 1.79. The lowest BCUT2D eigenvalue weighted by atomic mass is 10.2. The van der Waals surface area contributed by atoms with Crippen LogP contribution in [-0.4, -0.2) is 62.3 Å². The summed E-state index contributed by atoms with van der Waals surface area (Å²) in [5, 5.41) is 5.06. The third-order valence-corrected chi connectivity index (χ3v) is 2.93. The summed E-state index contributed by atoms with van der Waals surface area (Å²) in [5.74, 6) is -1.93. The normalized spacial score (nSPS) is 12.6. The molecule has 0 aliphatic rings. The van der Waals surface area contributed by atoms with Crippen molar-refractivity contribution < 1.29 is 33.4 Å². The second-order valence-electron chi connectivity index (χ2n) is 5.46. The molecule has 0 saturated carbocycles. The smallest absolute Gasteiger partial charge is 0.303 e.